The lowest BCUT2D eigenvalue weighted by Gasteiger charge is -2.30. The number of piperidine rings is 1. The smallest absolute Gasteiger partial charge is 0.273 e. The summed E-state index contributed by atoms with van der Waals surface area (Å²) in [5.41, 5.74) is 0.585. The monoisotopic (exact) mass is 305 g/mol. The van der Waals surface area contributed by atoms with Gasteiger partial charge in [0, 0.05) is 30.3 Å². The zero-order valence-electron chi connectivity index (χ0n) is 12.2. The van der Waals surface area contributed by atoms with E-state index in [4.69, 9.17) is 0 Å². The second-order valence-corrected chi connectivity index (χ2v) is 6.55. The van der Waals surface area contributed by atoms with E-state index in [1.165, 1.54) is 6.33 Å². The Balaban J connectivity index is 1.62. The molecule has 0 aliphatic carbocycles. The Morgan fingerprint density at radius 3 is 2.76 bits per heavy atom. The largest absolute Gasteiger partial charge is 0.337 e. The van der Waals surface area contributed by atoms with Crippen LogP contribution in [0.3, 0.4) is 0 Å². The van der Waals surface area contributed by atoms with Crippen LogP contribution in [0.25, 0.3) is 0 Å². The third-order valence-electron chi connectivity index (χ3n) is 3.84. The lowest BCUT2D eigenvalue weighted by atomic mass is 9.96. The van der Waals surface area contributed by atoms with Crippen molar-refractivity contribution in [2.24, 2.45) is 0 Å². The minimum atomic E-state index is 0.0502. The van der Waals surface area contributed by atoms with Crippen molar-refractivity contribution in [1.29, 1.82) is 0 Å². The summed E-state index contributed by atoms with van der Waals surface area (Å²) in [6.45, 7) is 5.68. The van der Waals surface area contributed by atoms with Crippen LogP contribution in [0.4, 0.5) is 0 Å². The standard InChI is InChI=1S/C14H19N5OS/c1-9(2)13-17-11(7-21-13)14(20)19-5-3-10(4-6-19)12-15-8-16-18-12/h7-10H,3-6H2,1-2H3,(H,15,16,18). The molecule has 0 saturated carbocycles. The zero-order chi connectivity index (χ0) is 14.8. The minimum Gasteiger partial charge on any atom is -0.337 e. The van der Waals surface area contributed by atoms with E-state index in [1.54, 1.807) is 11.3 Å². The van der Waals surface area contributed by atoms with E-state index in [0.717, 1.165) is 36.8 Å². The van der Waals surface area contributed by atoms with E-state index in [-0.39, 0.29) is 5.91 Å². The number of amides is 1. The molecule has 21 heavy (non-hydrogen) atoms. The van der Waals surface area contributed by atoms with Crippen LogP contribution >= 0.6 is 11.3 Å². The third kappa shape index (κ3) is 2.97. The van der Waals surface area contributed by atoms with Crippen LogP contribution in [0.2, 0.25) is 0 Å². The van der Waals surface area contributed by atoms with Gasteiger partial charge >= 0.3 is 0 Å². The predicted molar refractivity (Wildman–Crippen MR) is 80.5 cm³/mol. The molecule has 112 valence electrons. The zero-order valence-corrected chi connectivity index (χ0v) is 13.1. The molecule has 7 heteroatoms. The predicted octanol–water partition coefficient (Wildman–Crippen LogP) is 2.40. The highest BCUT2D eigenvalue weighted by Crippen LogP contribution is 2.26. The quantitative estimate of drug-likeness (QED) is 0.945. The van der Waals surface area contributed by atoms with Crippen LogP contribution in [-0.4, -0.2) is 44.1 Å². The minimum absolute atomic E-state index is 0.0502. The lowest BCUT2D eigenvalue weighted by Crippen LogP contribution is -2.38. The highest BCUT2D eigenvalue weighted by Gasteiger charge is 2.27. The van der Waals surface area contributed by atoms with Gasteiger partial charge in [-0.15, -0.1) is 11.3 Å². The first-order chi connectivity index (χ1) is 10.1. The molecule has 0 bridgehead atoms. The van der Waals surface area contributed by atoms with Gasteiger partial charge < -0.3 is 4.90 Å². The van der Waals surface area contributed by atoms with Gasteiger partial charge in [0.25, 0.3) is 5.91 Å². The Hall–Kier alpha value is -1.76. The maximum absolute atomic E-state index is 12.5. The number of nitrogens with one attached hydrogen (secondary N) is 1. The fourth-order valence-electron chi connectivity index (χ4n) is 2.58. The van der Waals surface area contributed by atoms with E-state index < -0.39 is 0 Å². The molecular weight excluding hydrogens is 286 g/mol. The summed E-state index contributed by atoms with van der Waals surface area (Å²) in [6.07, 6.45) is 3.37. The number of nitrogens with zero attached hydrogens (tertiary/aromatic N) is 4. The van der Waals surface area contributed by atoms with E-state index in [0.29, 0.717) is 17.5 Å². The number of H-pyrrole nitrogens is 1. The van der Waals surface area contributed by atoms with Gasteiger partial charge in [0.1, 0.15) is 17.8 Å². The van der Waals surface area contributed by atoms with Crippen molar-refractivity contribution >= 4 is 17.2 Å². The van der Waals surface area contributed by atoms with E-state index in [2.05, 4.69) is 34.0 Å². The topological polar surface area (TPSA) is 74.8 Å². The molecule has 1 aliphatic heterocycles. The Labute approximate surface area is 127 Å². The number of hydrogen-bond donors (Lipinski definition) is 1. The molecule has 1 fully saturated rings. The molecule has 2 aromatic heterocycles. The molecule has 0 aromatic carbocycles. The number of aromatic nitrogens is 4. The fraction of sp³-hybridized carbons (Fsp3) is 0.571. The SMILES string of the molecule is CC(C)c1nc(C(=O)N2CCC(c3ncn[nH]3)CC2)cs1. The molecule has 0 radical (unpaired) electrons. The lowest BCUT2D eigenvalue weighted by molar-refractivity contribution is 0.0706. The summed E-state index contributed by atoms with van der Waals surface area (Å²) >= 11 is 1.57. The Morgan fingerprint density at radius 2 is 2.19 bits per heavy atom. The van der Waals surface area contributed by atoms with E-state index in [1.807, 2.05) is 10.3 Å². The summed E-state index contributed by atoms with van der Waals surface area (Å²) in [4.78, 5) is 23.0. The van der Waals surface area contributed by atoms with Crippen LogP contribution in [0.15, 0.2) is 11.7 Å². The number of carbonyl (C=O) groups excluding carboxylic acids is 1. The van der Waals surface area contributed by atoms with Crippen LogP contribution in [0.5, 0.6) is 0 Å². The molecule has 1 saturated heterocycles. The normalized spacial score (nSPS) is 16.6. The summed E-state index contributed by atoms with van der Waals surface area (Å²) < 4.78 is 0. The molecule has 1 aliphatic rings. The van der Waals surface area contributed by atoms with Crippen molar-refractivity contribution in [2.45, 2.75) is 38.5 Å². The number of likely N-dealkylation sites (tertiary alicyclic amines) is 1. The number of rotatable bonds is 3. The third-order valence-corrected chi connectivity index (χ3v) is 4.98. The second-order valence-electron chi connectivity index (χ2n) is 5.66. The summed E-state index contributed by atoms with van der Waals surface area (Å²) in [7, 11) is 0. The average molecular weight is 305 g/mol. The molecular formula is C14H19N5OS. The molecule has 3 heterocycles. The van der Waals surface area contributed by atoms with E-state index >= 15 is 0 Å². The van der Waals surface area contributed by atoms with Gasteiger partial charge in [-0.2, -0.15) is 5.10 Å². The van der Waals surface area contributed by atoms with Crippen molar-refractivity contribution in [3.63, 3.8) is 0 Å². The number of carbonyl (C=O) groups is 1. The first-order valence-corrected chi connectivity index (χ1v) is 8.13. The maximum Gasteiger partial charge on any atom is 0.273 e. The van der Waals surface area contributed by atoms with Gasteiger partial charge in [0.15, 0.2) is 0 Å². The van der Waals surface area contributed by atoms with Crippen LogP contribution < -0.4 is 0 Å². The summed E-state index contributed by atoms with van der Waals surface area (Å²) in [5, 5.41) is 9.71. The molecule has 0 atom stereocenters. The van der Waals surface area contributed by atoms with Crippen molar-refractivity contribution < 1.29 is 4.79 Å². The van der Waals surface area contributed by atoms with Crippen molar-refractivity contribution in [3.05, 3.63) is 28.2 Å². The number of hydrogen-bond acceptors (Lipinski definition) is 5. The van der Waals surface area contributed by atoms with Crippen LogP contribution in [0, 0.1) is 0 Å². The highest BCUT2D eigenvalue weighted by atomic mass is 32.1. The summed E-state index contributed by atoms with van der Waals surface area (Å²) in [6, 6.07) is 0. The van der Waals surface area contributed by atoms with Gasteiger partial charge in [0.05, 0.1) is 5.01 Å². The molecule has 6 nitrogen and oxygen atoms in total. The molecule has 1 N–H and O–H groups in total. The Morgan fingerprint density at radius 1 is 1.43 bits per heavy atom. The van der Waals surface area contributed by atoms with E-state index in [9.17, 15) is 4.79 Å². The average Bonchev–Trinajstić information content (AvgIpc) is 3.18. The van der Waals surface area contributed by atoms with Crippen molar-refractivity contribution in [1.82, 2.24) is 25.1 Å². The van der Waals surface area contributed by atoms with Gasteiger partial charge in [-0.1, -0.05) is 13.8 Å². The number of aromatic amines is 1. The maximum atomic E-state index is 12.5. The van der Waals surface area contributed by atoms with Crippen molar-refractivity contribution in [2.75, 3.05) is 13.1 Å². The van der Waals surface area contributed by atoms with Gasteiger partial charge in [-0.05, 0) is 12.8 Å². The molecule has 2 aromatic rings. The fourth-order valence-corrected chi connectivity index (χ4v) is 3.39. The highest BCUT2D eigenvalue weighted by molar-refractivity contribution is 7.09. The van der Waals surface area contributed by atoms with Crippen molar-refractivity contribution in [3.8, 4) is 0 Å². The molecule has 1 amide bonds. The Kier molecular flexibility index (Phi) is 4.01. The second kappa shape index (κ2) is 5.93. The number of thiazole rings is 1. The van der Waals surface area contributed by atoms with Crippen LogP contribution in [0.1, 0.15) is 59.8 Å². The first-order valence-electron chi connectivity index (χ1n) is 7.25. The van der Waals surface area contributed by atoms with Gasteiger partial charge in [0.2, 0.25) is 0 Å². The first kappa shape index (κ1) is 14.2. The van der Waals surface area contributed by atoms with Gasteiger partial charge in [-0.25, -0.2) is 9.97 Å². The molecule has 3 rings (SSSR count). The van der Waals surface area contributed by atoms with Gasteiger partial charge in [-0.3, -0.25) is 9.89 Å². The molecule has 0 unspecified atom stereocenters. The molecule has 0 spiro atoms. The Bertz CT molecular complexity index is 599. The van der Waals surface area contributed by atoms with Crippen LogP contribution in [-0.2, 0) is 0 Å². The summed E-state index contributed by atoms with van der Waals surface area (Å²) in [5.74, 6) is 1.72.